The molecule has 1 aliphatic rings. The Morgan fingerprint density at radius 2 is 2.22 bits per heavy atom. The lowest BCUT2D eigenvalue weighted by Crippen LogP contribution is -2.46. The maximum absolute atomic E-state index is 5.49. The molecule has 0 aromatic heterocycles. The van der Waals surface area contributed by atoms with Crippen molar-refractivity contribution in [2.75, 3.05) is 19.8 Å². The topological polar surface area (TPSA) is 71.7 Å². The molecule has 0 heterocycles. The largest absolute Gasteiger partial charge is 0.382 e. The summed E-state index contributed by atoms with van der Waals surface area (Å²) in [6.45, 7) is 6.47. The van der Waals surface area contributed by atoms with Gasteiger partial charge in [0.1, 0.15) is 0 Å². The predicted octanol–water partition coefficient (Wildman–Crippen LogP) is 1.40. The van der Waals surface area contributed by atoms with Crippen LogP contribution in [-0.4, -0.2) is 31.8 Å². The van der Waals surface area contributed by atoms with Gasteiger partial charge < -0.3 is 10.1 Å². The van der Waals surface area contributed by atoms with E-state index in [2.05, 4.69) is 22.7 Å². The standard InChI is InChI=1S/C13H28N4O/c1-3-12(10-11-6-7-11)16-13(17-14)15-8-5-9-18-4-2/h11-12H,3-10,14H2,1-2H3,(H2,15,16,17). The Balaban J connectivity index is 2.22. The quantitative estimate of drug-likeness (QED) is 0.192. The van der Waals surface area contributed by atoms with Gasteiger partial charge in [-0.3, -0.25) is 10.4 Å². The molecule has 1 aliphatic carbocycles. The molecule has 1 saturated carbocycles. The molecule has 0 aromatic carbocycles. The van der Waals surface area contributed by atoms with Gasteiger partial charge in [0, 0.05) is 25.8 Å². The van der Waals surface area contributed by atoms with Gasteiger partial charge >= 0.3 is 0 Å². The summed E-state index contributed by atoms with van der Waals surface area (Å²) in [5.41, 5.74) is 2.65. The number of hydrogen-bond acceptors (Lipinski definition) is 3. The summed E-state index contributed by atoms with van der Waals surface area (Å²) in [6, 6.07) is 0.485. The number of ether oxygens (including phenoxy) is 1. The van der Waals surface area contributed by atoms with Crippen molar-refractivity contribution in [2.45, 2.75) is 52.0 Å². The van der Waals surface area contributed by atoms with Gasteiger partial charge in [-0.05, 0) is 32.1 Å². The molecule has 0 aliphatic heterocycles. The molecule has 106 valence electrons. The van der Waals surface area contributed by atoms with Crippen molar-refractivity contribution < 1.29 is 4.74 Å². The molecular weight excluding hydrogens is 228 g/mol. The van der Waals surface area contributed by atoms with E-state index in [4.69, 9.17) is 10.6 Å². The maximum atomic E-state index is 5.49. The number of hydrazine groups is 1. The number of rotatable bonds is 9. The van der Waals surface area contributed by atoms with E-state index in [-0.39, 0.29) is 0 Å². The molecule has 0 bridgehead atoms. The monoisotopic (exact) mass is 256 g/mol. The van der Waals surface area contributed by atoms with Gasteiger partial charge in [-0.1, -0.05) is 19.8 Å². The number of guanidine groups is 1. The highest BCUT2D eigenvalue weighted by atomic mass is 16.5. The zero-order valence-corrected chi connectivity index (χ0v) is 11.7. The Kier molecular flexibility index (Phi) is 7.76. The first-order chi connectivity index (χ1) is 8.80. The maximum Gasteiger partial charge on any atom is 0.205 e. The lowest BCUT2D eigenvalue weighted by molar-refractivity contribution is 0.146. The number of nitrogens with zero attached hydrogens (tertiary/aromatic N) is 1. The molecule has 0 aromatic rings. The zero-order chi connectivity index (χ0) is 13.2. The van der Waals surface area contributed by atoms with E-state index in [1.807, 2.05) is 6.92 Å². The van der Waals surface area contributed by atoms with Gasteiger partial charge in [0.15, 0.2) is 0 Å². The van der Waals surface area contributed by atoms with E-state index in [1.165, 1.54) is 19.3 Å². The molecular formula is C13H28N4O. The van der Waals surface area contributed by atoms with Crippen LogP contribution in [0.15, 0.2) is 4.99 Å². The molecule has 1 atom stereocenters. The second kappa shape index (κ2) is 9.16. The summed E-state index contributed by atoms with van der Waals surface area (Å²) in [5.74, 6) is 7.11. The van der Waals surface area contributed by atoms with E-state index < -0.39 is 0 Å². The highest BCUT2D eigenvalue weighted by molar-refractivity contribution is 5.79. The van der Waals surface area contributed by atoms with Crippen LogP contribution < -0.4 is 16.6 Å². The fourth-order valence-electron chi connectivity index (χ4n) is 1.91. The highest BCUT2D eigenvalue weighted by Gasteiger charge is 2.24. The molecule has 5 heteroatoms. The van der Waals surface area contributed by atoms with Crippen molar-refractivity contribution in [3.8, 4) is 0 Å². The first-order valence-corrected chi connectivity index (χ1v) is 7.15. The van der Waals surface area contributed by atoms with Crippen molar-refractivity contribution >= 4 is 5.96 Å². The van der Waals surface area contributed by atoms with E-state index in [9.17, 15) is 0 Å². The summed E-state index contributed by atoms with van der Waals surface area (Å²) in [7, 11) is 0. The van der Waals surface area contributed by atoms with Crippen LogP contribution >= 0.6 is 0 Å². The minimum Gasteiger partial charge on any atom is -0.382 e. The third kappa shape index (κ3) is 6.81. The Morgan fingerprint density at radius 3 is 2.78 bits per heavy atom. The molecule has 0 spiro atoms. The van der Waals surface area contributed by atoms with Gasteiger partial charge in [0.25, 0.3) is 0 Å². The van der Waals surface area contributed by atoms with E-state index in [1.54, 1.807) is 0 Å². The molecule has 5 nitrogen and oxygen atoms in total. The minimum atomic E-state index is 0.485. The molecule has 1 unspecified atom stereocenters. The third-order valence-corrected chi connectivity index (χ3v) is 3.21. The second-order valence-electron chi connectivity index (χ2n) is 4.85. The molecule has 0 amide bonds. The molecule has 0 saturated heterocycles. The average molecular weight is 256 g/mol. The van der Waals surface area contributed by atoms with Gasteiger partial charge in [-0.15, -0.1) is 0 Å². The van der Waals surface area contributed by atoms with Gasteiger partial charge in [-0.25, -0.2) is 5.84 Å². The Hall–Kier alpha value is -0.810. The smallest absolute Gasteiger partial charge is 0.205 e. The van der Waals surface area contributed by atoms with Crippen LogP contribution in [0, 0.1) is 5.92 Å². The fraction of sp³-hybridized carbons (Fsp3) is 0.923. The lowest BCUT2D eigenvalue weighted by Gasteiger charge is -2.19. The van der Waals surface area contributed by atoms with E-state index >= 15 is 0 Å². The first kappa shape index (κ1) is 15.2. The van der Waals surface area contributed by atoms with Gasteiger partial charge in [0.05, 0.1) is 0 Å². The molecule has 18 heavy (non-hydrogen) atoms. The summed E-state index contributed by atoms with van der Waals surface area (Å²) in [5, 5.41) is 3.39. The first-order valence-electron chi connectivity index (χ1n) is 7.15. The van der Waals surface area contributed by atoms with Crippen LogP contribution in [0.3, 0.4) is 0 Å². The van der Waals surface area contributed by atoms with Crippen molar-refractivity contribution in [1.29, 1.82) is 0 Å². The molecule has 4 N–H and O–H groups in total. The van der Waals surface area contributed by atoms with E-state index in [0.29, 0.717) is 12.0 Å². The second-order valence-corrected chi connectivity index (χ2v) is 4.85. The van der Waals surface area contributed by atoms with Crippen LogP contribution in [0.5, 0.6) is 0 Å². The number of nitrogens with one attached hydrogen (secondary N) is 2. The van der Waals surface area contributed by atoms with Crippen LogP contribution in [0.2, 0.25) is 0 Å². The SMILES string of the molecule is CCOCCCN=C(NN)NC(CC)CC1CC1. The van der Waals surface area contributed by atoms with Crippen LogP contribution in [-0.2, 0) is 4.74 Å². The molecule has 1 fully saturated rings. The van der Waals surface area contributed by atoms with Crippen molar-refractivity contribution in [2.24, 2.45) is 16.8 Å². The van der Waals surface area contributed by atoms with E-state index in [0.717, 1.165) is 38.5 Å². The number of hydrogen-bond donors (Lipinski definition) is 3. The predicted molar refractivity (Wildman–Crippen MR) is 75.3 cm³/mol. The van der Waals surface area contributed by atoms with Crippen molar-refractivity contribution in [3.05, 3.63) is 0 Å². The third-order valence-electron chi connectivity index (χ3n) is 3.21. The summed E-state index contributed by atoms with van der Waals surface area (Å²) >= 11 is 0. The Labute approximate surface area is 111 Å². The minimum absolute atomic E-state index is 0.485. The highest BCUT2D eigenvalue weighted by Crippen LogP contribution is 2.33. The molecule has 0 radical (unpaired) electrons. The zero-order valence-electron chi connectivity index (χ0n) is 11.7. The fourth-order valence-corrected chi connectivity index (χ4v) is 1.91. The molecule has 1 rings (SSSR count). The summed E-state index contributed by atoms with van der Waals surface area (Å²) in [6.07, 6.45) is 6.04. The summed E-state index contributed by atoms with van der Waals surface area (Å²) < 4.78 is 5.27. The lowest BCUT2D eigenvalue weighted by atomic mass is 10.1. The van der Waals surface area contributed by atoms with Crippen molar-refractivity contribution in [3.63, 3.8) is 0 Å². The van der Waals surface area contributed by atoms with Crippen LogP contribution in [0.4, 0.5) is 0 Å². The van der Waals surface area contributed by atoms with Gasteiger partial charge in [-0.2, -0.15) is 0 Å². The van der Waals surface area contributed by atoms with Gasteiger partial charge in [0.2, 0.25) is 5.96 Å². The van der Waals surface area contributed by atoms with Crippen LogP contribution in [0.25, 0.3) is 0 Å². The van der Waals surface area contributed by atoms with Crippen molar-refractivity contribution in [1.82, 2.24) is 10.7 Å². The Bertz CT molecular complexity index is 241. The summed E-state index contributed by atoms with van der Waals surface area (Å²) in [4.78, 5) is 4.42. The number of nitrogens with two attached hydrogens (primary N) is 1. The number of aliphatic imine (C=N–C) groups is 1. The normalized spacial score (nSPS) is 17.6. The Morgan fingerprint density at radius 1 is 1.44 bits per heavy atom. The average Bonchev–Trinajstić information content (AvgIpc) is 3.19. The van der Waals surface area contributed by atoms with Crippen LogP contribution in [0.1, 0.15) is 46.0 Å².